The van der Waals surface area contributed by atoms with Gasteiger partial charge in [-0.1, -0.05) is 0 Å². The summed E-state index contributed by atoms with van der Waals surface area (Å²) >= 11 is 1.78. The van der Waals surface area contributed by atoms with Gasteiger partial charge in [0.1, 0.15) is 5.82 Å². The van der Waals surface area contributed by atoms with Crippen LogP contribution in [0.15, 0.2) is 12.4 Å². The van der Waals surface area contributed by atoms with Crippen molar-refractivity contribution >= 4 is 16.5 Å². The number of rotatable bonds is 6. The van der Waals surface area contributed by atoms with Crippen LogP contribution in [0.4, 0.5) is 5.13 Å². The Labute approximate surface area is 128 Å². The zero-order chi connectivity index (χ0) is 14.7. The molecule has 3 heterocycles. The third-order valence-corrected chi connectivity index (χ3v) is 4.88. The molecule has 1 aliphatic heterocycles. The monoisotopic (exact) mass is 307 g/mol. The first-order chi connectivity index (χ1) is 10.3. The number of nitrogens with zero attached hydrogens (tertiary/aromatic N) is 4. The lowest BCUT2D eigenvalue weighted by molar-refractivity contribution is 0.199. The Kier molecular flexibility index (Phi) is 4.52. The Balaban J connectivity index is 1.64. The smallest absolute Gasteiger partial charge is 0.186 e. The third-order valence-electron chi connectivity index (χ3n) is 3.67. The summed E-state index contributed by atoms with van der Waals surface area (Å²) in [7, 11) is 1.72. The predicted molar refractivity (Wildman–Crippen MR) is 83.7 cm³/mol. The van der Waals surface area contributed by atoms with Crippen molar-refractivity contribution in [1.82, 2.24) is 19.9 Å². The lowest BCUT2D eigenvalue weighted by Crippen LogP contribution is -2.33. The van der Waals surface area contributed by atoms with E-state index in [4.69, 9.17) is 9.72 Å². The molecule has 0 radical (unpaired) electrons. The molecule has 6 nitrogen and oxygen atoms in total. The molecule has 21 heavy (non-hydrogen) atoms. The van der Waals surface area contributed by atoms with Crippen molar-refractivity contribution in [1.29, 1.82) is 0 Å². The number of hydrogen-bond acceptors (Lipinski definition) is 6. The van der Waals surface area contributed by atoms with Gasteiger partial charge in [-0.05, 0) is 6.92 Å². The topological polar surface area (TPSA) is 55.2 Å². The zero-order valence-corrected chi connectivity index (χ0v) is 13.3. The molecule has 3 rings (SSSR count). The van der Waals surface area contributed by atoms with Gasteiger partial charge in [0.15, 0.2) is 5.13 Å². The minimum absolute atomic E-state index is 0.736. The van der Waals surface area contributed by atoms with Crippen LogP contribution in [-0.2, 0) is 24.4 Å². The summed E-state index contributed by atoms with van der Waals surface area (Å²) in [5.41, 5.74) is 1.12. The van der Waals surface area contributed by atoms with Crippen LogP contribution in [0.3, 0.4) is 0 Å². The Morgan fingerprint density at radius 3 is 3.19 bits per heavy atom. The first kappa shape index (κ1) is 14.5. The van der Waals surface area contributed by atoms with E-state index < -0.39 is 0 Å². The average Bonchev–Trinajstić information content (AvgIpc) is 3.09. The van der Waals surface area contributed by atoms with Gasteiger partial charge < -0.3 is 19.5 Å². The Bertz CT molecular complexity index is 594. The van der Waals surface area contributed by atoms with Gasteiger partial charge in [-0.15, -0.1) is 11.3 Å². The molecule has 2 aromatic rings. The van der Waals surface area contributed by atoms with E-state index in [1.165, 1.54) is 4.88 Å². The number of aromatic nitrogens is 3. The van der Waals surface area contributed by atoms with Gasteiger partial charge in [-0.3, -0.25) is 0 Å². The highest BCUT2D eigenvalue weighted by atomic mass is 32.1. The minimum Gasteiger partial charge on any atom is -0.383 e. The van der Waals surface area contributed by atoms with E-state index in [1.54, 1.807) is 18.4 Å². The van der Waals surface area contributed by atoms with E-state index >= 15 is 0 Å². The maximum atomic E-state index is 5.04. The van der Waals surface area contributed by atoms with Gasteiger partial charge in [0.05, 0.1) is 18.8 Å². The van der Waals surface area contributed by atoms with Gasteiger partial charge in [-0.2, -0.15) is 0 Å². The second-order valence-corrected chi connectivity index (χ2v) is 6.20. The fourth-order valence-electron chi connectivity index (χ4n) is 2.42. The molecule has 0 amide bonds. The van der Waals surface area contributed by atoms with Gasteiger partial charge in [0.2, 0.25) is 0 Å². The predicted octanol–water partition coefficient (Wildman–Crippen LogP) is 1.40. The first-order valence-electron chi connectivity index (χ1n) is 7.19. The van der Waals surface area contributed by atoms with Crippen molar-refractivity contribution in [2.75, 3.05) is 31.7 Å². The third kappa shape index (κ3) is 3.25. The molecule has 0 atom stereocenters. The summed E-state index contributed by atoms with van der Waals surface area (Å²) in [6.07, 6.45) is 3.92. The lowest BCUT2D eigenvalue weighted by atomic mass is 10.4. The summed E-state index contributed by atoms with van der Waals surface area (Å²) in [6.45, 7) is 7.36. The molecule has 1 N–H and O–H groups in total. The second-order valence-electron chi connectivity index (χ2n) is 5.13. The van der Waals surface area contributed by atoms with E-state index in [9.17, 15) is 0 Å². The Morgan fingerprint density at radius 1 is 1.43 bits per heavy atom. The zero-order valence-electron chi connectivity index (χ0n) is 12.5. The van der Waals surface area contributed by atoms with Gasteiger partial charge in [0, 0.05) is 50.6 Å². The van der Waals surface area contributed by atoms with Crippen molar-refractivity contribution in [3.05, 3.63) is 28.8 Å². The van der Waals surface area contributed by atoms with Crippen molar-refractivity contribution < 1.29 is 4.74 Å². The molecule has 0 saturated carbocycles. The van der Waals surface area contributed by atoms with Gasteiger partial charge in [0.25, 0.3) is 0 Å². The second kappa shape index (κ2) is 6.55. The molecule has 0 aliphatic carbocycles. The number of thiazole rings is 1. The molecule has 0 saturated heterocycles. The van der Waals surface area contributed by atoms with E-state index in [1.807, 2.05) is 12.4 Å². The van der Waals surface area contributed by atoms with E-state index in [-0.39, 0.29) is 0 Å². The molecular weight excluding hydrogens is 286 g/mol. The fraction of sp³-hybridized carbons (Fsp3) is 0.571. The molecule has 114 valence electrons. The van der Waals surface area contributed by atoms with Crippen LogP contribution in [-0.4, -0.2) is 41.3 Å². The van der Waals surface area contributed by atoms with Crippen molar-refractivity contribution in [2.45, 2.75) is 26.6 Å². The van der Waals surface area contributed by atoms with Gasteiger partial charge >= 0.3 is 0 Å². The number of methoxy groups -OCH3 is 1. The summed E-state index contributed by atoms with van der Waals surface area (Å²) in [5, 5.41) is 4.48. The largest absolute Gasteiger partial charge is 0.383 e. The molecule has 2 aromatic heterocycles. The highest BCUT2D eigenvalue weighted by Gasteiger charge is 2.20. The van der Waals surface area contributed by atoms with Crippen molar-refractivity contribution in [2.24, 2.45) is 0 Å². The highest BCUT2D eigenvalue weighted by molar-refractivity contribution is 7.15. The number of hydrogen-bond donors (Lipinski definition) is 1. The standard InChI is InChI=1S/C14H21N5OS/c1-11-12(9-15-4-8-20-2)21-14(17-11)19-7-6-18-5-3-16-13(18)10-19/h3,5,15H,4,6-10H2,1-2H3. The summed E-state index contributed by atoms with van der Waals surface area (Å²) in [4.78, 5) is 12.7. The maximum absolute atomic E-state index is 5.04. The normalized spacial score (nSPS) is 14.5. The molecular formula is C14H21N5OS. The fourth-order valence-corrected chi connectivity index (χ4v) is 3.48. The van der Waals surface area contributed by atoms with Crippen molar-refractivity contribution in [3.8, 4) is 0 Å². The number of anilines is 1. The molecule has 0 unspecified atom stereocenters. The quantitative estimate of drug-likeness (QED) is 0.818. The molecule has 7 heteroatoms. The number of imidazole rings is 1. The number of aryl methyl sites for hydroxylation is 1. The molecule has 0 bridgehead atoms. The van der Waals surface area contributed by atoms with Crippen LogP contribution in [0.1, 0.15) is 16.4 Å². The lowest BCUT2D eigenvalue weighted by Gasteiger charge is -2.27. The van der Waals surface area contributed by atoms with Crippen LogP contribution in [0, 0.1) is 6.92 Å². The van der Waals surface area contributed by atoms with Gasteiger partial charge in [-0.25, -0.2) is 9.97 Å². The Hall–Kier alpha value is -1.44. The van der Waals surface area contributed by atoms with Crippen LogP contribution in [0.2, 0.25) is 0 Å². The number of fused-ring (bicyclic) bond motifs is 1. The van der Waals surface area contributed by atoms with Crippen LogP contribution < -0.4 is 10.2 Å². The van der Waals surface area contributed by atoms with E-state index in [0.717, 1.165) is 56.0 Å². The number of nitrogens with one attached hydrogen (secondary N) is 1. The van der Waals surface area contributed by atoms with Crippen LogP contribution in [0.25, 0.3) is 0 Å². The summed E-state index contributed by atoms with van der Waals surface area (Å²) < 4.78 is 7.26. The molecule has 0 fully saturated rings. The van der Waals surface area contributed by atoms with Crippen LogP contribution >= 0.6 is 11.3 Å². The molecule has 0 spiro atoms. The molecule has 1 aliphatic rings. The number of ether oxygens (including phenoxy) is 1. The summed E-state index contributed by atoms with van der Waals surface area (Å²) in [6, 6.07) is 0. The highest BCUT2D eigenvalue weighted by Crippen LogP contribution is 2.28. The SMILES string of the molecule is COCCNCc1sc(N2CCn3ccnc3C2)nc1C. The van der Waals surface area contributed by atoms with Crippen LogP contribution in [0.5, 0.6) is 0 Å². The van der Waals surface area contributed by atoms with Crippen molar-refractivity contribution in [3.63, 3.8) is 0 Å². The summed E-state index contributed by atoms with van der Waals surface area (Å²) in [5.74, 6) is 1.12. The first-order valence-corrected chi connectivity index (χ1v) is 8.00. The van der Waals surface area contributed by atoms with E-state index in [0.29, 0.717) is 0 Å². The maximum Gasteiger partial charge on any atom is 0.186 e. The average molecular weight is 307 g/mol. The Morgan fingerprint density at radius 2 is 2.33 bits per heavy atom. The van der Waals surface area contributed by atoms with E-state index in [2.05, 4.69) is 26.7 Å². The minimum atomic E-state index is 0.736. The molecule has 0 aromatic carbocycles.